The normalized spacial score (nSPS) is 11.5. The van der Waals surface area contributed by atoms with Crippen molar-refractivity contribution >= 4 is 23.7 Å². The molecule has 5 nitrogen and oxygen atoms in total. The number of alkyl carbamates (subject to hydrolysis) is 1. The Labute approximate surface area is 132 Å². The van der Waals surface area contributed by atoms with Gasteiger partial charge in [-0.3, -0.25) is 0 Å². The summed E-state index contributed by atoms with van der Waals surface area (Å²) >= 11 is 5.96. The highest BCUT2D eigenvalue weighted by Crippen LogP contribution is 2.23. The van der Waals surface area contributed by atoms with Gasteiger partial charge in [0.05, 0.1) is 0 Å². The smallest absolute Gasteiger partial charge is 0.408 e. The van der Waals surface area contributed by atoms with Crippen LogP contribution in [0.4, 0.5) is 4.79 Å². The lowest BCUT2D eigenvalue weighted by Gasteiger charge is -2.16. The van der Waals surface area contributed by atoms with E-state index in [0.717, 1.165) is 5.56 Å². The first-order chi connectivity index (χ1) is 10.6. The molecule has 2 aromatic rings. The second kappa shape index (κ2) is 7.47. The molecule has 0 saturated carbocycles. The highest BCUT2D eigenvalue weighted by atomic mass is 35.5. The van der Waals surface area contributed by atoms with E-state index in [0.29, 0.717) is 5.56 Å². The van der Waals surface area contributed by atoms with Crippen molar-refractivity contribution in [2.75, 3.05) is 0 Å². The zero-order valence-electron chi connectivity index (χ0n) is 11.5. The van der Waals surface area contributed by atoms with Gasteiger partial charge < -0.3 is 15.2 Å². The number of hydrogen-bond acceptors (Lipinski definition) is 3. The predicted molar refractivity (Wildman–Crippen MR) is 81.6 cm³/mol. The van der Waals surface area contributed by atoms with Crippen LogP contribution in [0.5, 0.6) is 0 Å². The van der Waals surface area contributed by atoms with Gasteiger partial charge >= 0.3 is 12.1 Å². The lowest BCUT2D eigenvalue weighted by Crippen LogP contribution is -2.34. The summed E-state index contributed by atoms with van der Waals surface area (Å²) in [5.41, 5.74) is 1.11. The van der Waals surface area contributed by atoms with E-state index in [2.05, 4.69) is 5.32 Å². The Balaban J connectivity index is 2.01. The SMILES string of the molecule is O=C(N[C@H](C(=O)O)c1ccccc1Cl)OCc1ccccc1. The van der Waals surface area contributed by atoms with Crippen LogP contribution < -0.4 is 5.32 Å². The summed E-state index contributed by atoms with van der Waals surface area (Å²) in [6, 6.07) is 14.3. The van der Waals surface area contributed by atoms with Gasteiger partial charge in [-0.15, -0.1) is 0 Å². The number of carboxylic acid groups (broad SMARTS) is 1. The standard InChI is InChI=1S/C16H14ClNO4/c17-13-9-5-4-8-12(13)14(15(19)20)18-16(21)22-10-11-6-2-1-3-7-11/h1-9,14H,10H2,(H,18,21)(H,19,20)/t14-/m0/s1. The number of nitrogens with one attached hydrogen (secondary N) is 1. The van der Waals surface area contributed by atoms with Crippen LogP contribution in [0.25, 0.3) is 0 Å². The molecule has 0 aliphatic carbocycles. The largest absolute Gasteiger partial charge is 0.479 e. The Morgan fingerprint density at radius 3 is 2.36 bits per heavy atom. The van der Waals surface area contributed by atoms with Gasteiger partial charge in [-0.1, -0.05) is 60.1 Å². The lowest BCUT2D eigenvalue weighted by molar-refractivity contribution is -0.139. The van der Waals surface area contributed by atoms with Gasteiger partial charge in [-0.2, -0.15) is 0 Å². The first kappa shape index (κ1) is 15.9. The molecular formula is C16H14ClNO4. The molecule has 0 heterocycles. The van der Waals surface area contributed by atoms with Crippen LogP contribution in [-0.4, -0.2) is 17.2 Å². The van der Waals surface area contributed by atoms with E-state index >= 15 is 0 Å². The van der Waals surface area contributed by atoms with Crippen LogP contribution in [-0.2, 0) is 16.1 Å². The topological polar surface area (TPSA) is 75.6 Å². The predicted octanol–water partition coefficient (Wildman–Crippen LogP) is 3.39. The first-order valence-electron chi connectivity index (χ1n) is 6.52. The van der Waals surface area contributed by atoms with Crippen molar-refractivity contribution in [3.05, 3.63) is 70.7 Å². The number of aliphatic carboxylic acids is 1. The Morgan fingerprint density at radius 1 is 1.09 bits per heavy atom. The molecule has 2 N–H and O–H groups in total. The monoisotopic (exact) mass is 319 g/mol. The Bertz CT molecular complexity index is 660. The van der Waals surface area contributed by atoms with Crippen molar-refractivity contribution in [2.45, 2.75) is 12.6 Å². The fourth-order valence-electron chi connectivity index (χ4n) is 1.86. The maximum Gasteiger partial charge on any atom is 0.408 e. The number of carbonyl (C=O) groups is 2. The van der Waals surface area contributed by atoms with Crippen molar-refractivity contribution in [1.82, 2.24) is 5.32 Å². The van der Waals surface area contributed by atoms with Crippen LogP contribution >= 0.6 is 11.6 Å². The summed E-state index contributed by atoms with van der Waals surface area (Å²) in [7, 11) is 0. The number of amides is 1. The highest BCUT2D eigenvalue weighted by Gasteiger charge is 2.24. The lowest BCUT2D eigenvalue weighted by atomic mass is 10.1. The van der Waals surface area contributed by atoms with Crippen LogP contribution in [0.1, 0.15) is 17.2 Å². The minimum atomic E-state index is -1.27. The fraction of sp³-hybridized carbons (Fsp3) is 0.125. The van der Waals surface area contributed by atoms with Crippen LogP contribution in [0.15, 0.2) is 54.6 Å². The van der Waals surface area contributed by atoms with Gasteiger partial charge in [0, 0.05) is 10.6 Å². The van der Waals surface area contributed by atoms with Crippen molar-refractivity contribution in [3.8, 4) is 0 Å². The zero-order valence-corrected chi connectivity index (χ0v) is 12.3. The Morgan fingerprint density at radius 2 is 1.73 bits per heavy atom. The Hall–Kier alpha value is -2.53. The average Bonchev–Trinajstić information content (AvgIpc) is 2.52. The van der Waals surface area contributed by atoms with E-state index < -0.39 is 18.1 Å². The maximum absolute atomic E-state index is 11.8. The third-order valence-electron chi connectivity index (χ3n) is 2.94. The van der Waals surface area contributed by atoms with Crippen molar-refractivity contribution in [3.63, 3.8) is 0 Å². The maximum atomic E-state index is 11.8. The van der Waals surface area contributed by atoms with E-state index in [9.17, 15) is 14.7 Å². The number of ether oxygens (including phenoxy) is 1. The van der Waals surface area contributed by atoms with E-state index in [1.54, 1.807) is 36.4 Å². The van der Waals surface area contributed by atoms with Crippen molar-refractivity contribution in [2.24, 2.45) is 0 Å². The number of benzene rings is 2. The summed E-state index contributed by atoms with van der Waals surface area (Å²) < 4.78 is 5.01. The summed E-state index contributed by atoms with van der Waals surface area (Å²) in [5, 5.41) is 11.8. The minimum Gasteiger partial charge on any atom is -0.479 e. The van der Waals surface area contributed by atoms with Crippen molar-refractivity contribution in [1.29, 1.82) is 0 Å². The van der Waals surface area contributed by atoms with Gasteiger partial charge in [-0.25, -0.2) is 9.59 Å². The van der Waals surface area contributed by atoms with E-state index in [4.69, 9.17) is 16.3 Å². The molecule has 1 atom stereocenters. The molecule has 22 heavy (non-hydrogen) atoms. The molecule has 2 rings (SSSR count). The van der Waals surface area contributed by atoms with E-state index in [-0.39, 0.29) is 11.6 Å². The molecule has 0 aliphatic rings. The molecule has 114 valence electrons. The third kappa shape index (κ3) is 4.23. The molecule has 0 bridgehead atoms. The number of rotatable bonds is 5. The second-order valence-electron chi connectivity index (χ2n) is 4.50. The highest BCUT2D eigenvalue weighted by molar-refractivity contribution is 6.31. The molecule has 0 aliphatic heterocycles. The quantitative estimate of drug-likeness (QED) is 0.885. The third-order valence-corrected chi connectivity index (χ3v) is 3.28. The first-order valence-corrected chi connectivity index (χ1v) is 6.90. The number of carboxylic acids is 1. The number of halogens is 1. The van der Waals surface area contributed by atoms with Crippen LogP contribution in [0, 0.1) is 0 Å². The van der Waals surface area contributed by atoms with Gasteiger partial charge in [0.25, 0.3) is 0 Å². The molecule has 0 radical (unpaired) electrons. The molecule has 0 fully saturated rings. The zero-order chi connectivity index (χ0) is 15.9. The van der Waals surface area contributed by atoms with Gasteiger partial charge in [0.1, 0.15) is 6.61 Å². The fourth-order valence-corrected chi connectivity index (χ4v) is 2.11. The Kier molecular flexibility index (Phi) is 5.38. The van der Waals surface area contributed by atoms with Crippen LogP contribution in [0.2, 0.25) is 5.02 Å². The summed E-state index contributed by atoms with van der Waals surface area (Å²) in [6.07, 6.45) is -0.823. The molecule has 2 aromatic carbocycles. The summed E-state index contributed by atoms with van der Waals surface area (Å²) in [6.45, 7) is 0.0571. The van der Waals surface area contributed by atoms with E-state index in [1.165, 1.54) is 0 Å². The van der Waals surface area contributed by atoms with Gasteiger partial charge in [0.2, 0.25) is 0 Å². The minimum absolute atomic E-state index is 0.0571. The summed E-state index contributed by atoms with van der Waals surface area (Å²) in [5.74, 6) is -1.22. The average molecular weight is 320 g/mol. The molecule has 0 aromatic heterocycles. The molecule has 1 amide bonds. The second-order valence-corrected chi connectivity index (χ2v) is 4.91. The van der Waals surface area contributed by atoms with Crippen molar-refractivity contribution < 1.29 is 19.4 Å². The number of carbonyl (C=O) groups excluding carboxylic acids is 1. The molecule has 0 spiro atoms. The molecular weight excluding hydrogens is 306 g/mol. The molecule has 6 heteroatoms. The summed E-state index contributed by atoms with van der Waals surface area (Å²) in [4.78, 5) is 23.1. The van der Waals surface area contributed by atoms with Gasteiger partial charge in [-0.05, 0) is 11.6 Å². The molecule has 0 saturated heterocycles. The van der Waals surface area contributed by atoms with Crippen LogP contribution in [0.3, 0.4) is 0 Å². The van der Waals surface area contributed by atoms with E-state index in [1.807, 2.05) is 18.2 Å². The number of hydrogen-bond donors (Lipinski definition) is 2. The van der Waals surface area contributed by atoms with Gasteiger partial charge in [0.15, 0.2) is 6.04 Å². The molecule has 0 unspecified atom stereocenters.